The van der Waals surface area contributed by atoms with Gasteiger partial charge in [0.2, 0.25) is 0 Å². The minimum atomic E-state index is -1.14. The van der Waals surface area contributed by atoms with Gasteiger partial charge in [-0.05, 0) is 29.4 Å². The second-order valence-electron chi connectivity index (χ2n) is 5.22. The summed E-state index contributed by atoms with van der Waals surface area (Å²) in [5.41, 5.74) is 3.11. The molecule has 0 N–H and O–H groups in total. The van der Waals surface area contributed by atoms with Crippen molar-refractivity contribution in [3.05, 3.63) is 64.7 Å². The second kappa shape index (κ2) is 6.74. The minimum absolute atomic E-state index is 0.0216. The quantitative estimate of drug-likeness (QED) is 0.802. The van der Waals surface area contributed by atoms with E-state index in [1.807, 2.05) is 30.3 Å². The molecule has 0 radical (unpaired) electrons. The summed E-state index contributed by atoms with van der Waals surface area (Å²) in [5, 5.41) is 0.569. The summed E-state index contributed by atoms with van der Waals surface area (Å²) < 4.78 is 11.7. The van der Waals surface area contributed by atoms with Crippen molar-refractivity contribution in [2.45, 2.75) is 0 Å². The predicted molar refractivity (Wildman–Crippen MR) is 94.8 cm³/mol. The number of anilines is 1. The molecule has 1 aliphatic heterocycles. The second-order valence-corrected chi connectivity index (χ2v) is 7.06. The van der Waals surface area contributed by atoms with Crippen molar-refractivity contribution in [2.75, 3.05) is 23.6 Å². The number of carbonyl (C=O) groups is 1. The fourth-order valence-corrected chi connectivity index (χ4v) is 3.37. The molecule has 1 unspecified atom stereocenters. The van der Waals surface area contributed by atoms with E-state index in [1.54, 1.807) is 24.5 Å². The zero-order chi connectivity index (χ0) is 16.4. The molecule has 0 aromatic heterocycles. The topological polar surface area (TPSA) is 55.7 Å². The smallest absolute Gasteiger partial charge is 0.252 e. The van der Waals surface area contributed by atoms with Crippen LogP contribution in [0.1, 0.15) is 11.1 Å². The van der Waals surface area contributed by atoms with Crippen molar-refractivity contribution in [3.63, 3.8) is 0 Å². The van der Waals surface area contributed by atoms with E-state index >= 15 is 0 Å². The lowest BCUT2D eigenvalue weighted by Gasteiger charge is -2.22. The summed E-state index contributed by atoms with van der Waals surface area (Å²) in [6.07, 6.45) is 1.58. The first-order valence-electron chi connectivity index (χ1n) is 7.06. The molecule has 1 atom stereocenters. The number of benzodiazepines with no additional fused rings is 1. The van der Waals surface area contributed by atoms with Crippen LogP contribution < -0.4 is 4.90 Å². The van der Waals surface area contributed by atoms with Gasteiger partial charge in [0.05, 0.1) is 17.7 Å². The number of hydrogen-bond donors (Lipinski definition) is 0. The van der Waals surface area contributed by atoms with Gasteiger partial charge in [0, 0.05) is 16.1 Å². The Balaban J connectivity index is 2.16. The SMILES string of the molecule is C[S+]([O-])CN1C(=O)CN=C(c2ccccc2)c2cc(Cl)ccc21. The number of benzene rings is 2. The van der Waals surface area contributed by atoms with Crippen molar-refractivity contribution in [2.24, 2.45) is 4.99 Å². The fourth-order valence-electron chi connectivity index (χ4n) is 2.55. The van der Waals surface area contributed by atoms with Crippen LogP contribution in [-0.4, -0.2) is 34.8 Å². The number of rotatable bonds is 3. The minimum Gasteiger partial charge on any atom is -0.615 e. The number of fused-ring (bicyclic) bond motifs is 1. The maximum absolute atomic E-state index is 12.4. The lowest BCUT2D eigenvalue weighted by molar-refractivity contribution is -0.117. The first kappa shape index (κ1) is 16.1. The lowest BCUT2D eigenvalue weighted by Crippen LogP contribution is -2.36. The molecule has 2 aromatic rings. The van der Waals surface area contributed by atoms with Gasteiger partial charge in [-0.15, -0.1) is 0 Å². The van der Waals surface area contributed by atoms with Gasteiger partial charge in [-0.3, -0.25) is 14.7 Å². The molecule has 1 amide bonds. The van der Waals surface area contributed by atoms with Crippen LogP contribution in [0.25, 0.3) is 0 Å². The molecule has 0 saturated heterocycles. The van der Waals surface area contributed by atoms with E-state index in [4.69, 9.17) is 11.6 Å². The van der Waals surface area contributed by atoms with Crippen molar-refractivity contribution in [1.29, 1.82) is 0 Å². The van der Waals surface area contributed by atoms with Crippen LogP contribution in [0.3, 0.4) is 0 Å². The van der Waals surface area contributed by atoms with Gasteiger partial charge in [-0.25, -0.2) is 0 Å². The Bertz CT molecular complexity index is 762. The number of carbonyl (C=O) groups excluding carboxylic acids is 1. The average Bonchev–Trinajstić information content (AvgIpc) is 2.66. The van der Waals surface area contributed by atoms with E-state index in [2.05, 4.69) is 4.99 Å². The first-order chi connectivity index (χ1) is 11.1. The van der Waals surface area contributed by atoms with Crippen LogP contribution in [0, 0.1) is 0 Å². The van der Waals surface area contributed by atoms with Gasteiger partial charge in [0.1, 0.15) is 6.54 Å². The molecule has 118 valence electrons. The number of nitrogens with zero attached hydrogens (tertiary/aromatic N) is 2. The summed E-state index contributed by atoms with van der Waals surface area (Å²) in [5.74, 6) is -0.0277. The van der Waals surface area contributed by atoms with E-state index in [9.17, 15) is 9.35 Å². The Morgan fingerprint density at radius 3 is 2.70 bits per heavy atom. The Hall–Kier alpha value is -1.82. The molecule has 0 bridgehead atoms. The first-order valence-corrected chi connectivity index (χ1v) is 9.17. The summed E-state index contributed by atoms with van der Waals surface area (Å²) in [7, 11) is 0. The van der Waals surface area contributed by atoms with Crippen LogP contribution >= 0.6 is 11.6 Å². The molecule has 1 aliphatic rings. The van der Waals surface area contributed by atoms with Gasteiger partial charge in [0.25, 0.3) is 5.91 Å². The standard InChI is InChI=1S/C17H15ClN2O2S/c1-23(22)11-20-15-8-7-13(18)9-14(15)17(19-10-16(20)21)12-5-3-2-4-6-12/h2-9H,10-11H2,1H3. The molecule has 0 aliphatic carbocycles. The summed E-state index contributed by atoms with van der Waals surface area (Å²) in [6.45, 7) is 0.0216. The van der Waals surface area contributed by atoms with Crippen LogP contribution in [0.5, 0.6) is 0 Å². The molecule has 0 fully saturated rings. The molecule has 0 spiro atoms. The third-order valence-corrected chi connectivity index (χ3v) is 4.39. The lowest BCUT2D eigenvalue weighted by atomic mass is 10.0. The zero-order valence-corrected chi connectivity index (χ0v) is 14.1. The highest BCUT2D eigenvalue weighted by Crippen LogP contribution is 2.29. The van der Waals surface area contributed by atoms with Gasteiger partial charge < -0.3 is 4.55 Å². The van der Waals surface area contributed by atoms with Gasteiger partial charge >= 0.3 is 0 Å². The number of halogens is 1. The molecule has 4 nitrogen and oxygen atoms in total. The van der Waals surface area contributed by atoms with Gasteiger partial charge in [-0.1, -0.05) is 41.9 Å². The Kier molecular flexibility index (Phi) is 4.71. The van der Waals surface area contributed by atoms with Crippen LogP contribution in [-0.2, 0) is 16.0 Å². The monoisotopic (exact) mass is 346 g/mol. The molecule has 0 saturated carbocycles. The fraction of sp³-hybridized carbons (Fsp3) is 0.176. The summed E-state index contributed by atoms with van der Waals surface area (Å²) >= 11 is 5.02. The molecular weight excluding hydrogens is 332 g/mol. The van der Waals surface area contributed by atoms with Gasteiger partial charge in [-0.2, -0.15) is 0 Å². The highest BCUT2D eigenvalue weighted by Gasteiger charge is 2.27. The number of hydrogen-bond acceptors (Lipinski definition) is 3. The molecule has 6 heteroatoms. The molecule has 3 rings (SSSR count). The van der Waals surface area contributed by atoms with Crippen molar-refractivity contribution < 1.29 is 9.35 Å². The van der Waals surface area contributed by atoms with E-state index < -0.39 is 11.2 Å². The molecule has 1 heterocycles. The molecule has 2 aromatic carbocycles. The van der Waals surface area contributed by atoms with Crippen LogP contribution in [0.4, 0.5) is 5.69 Å². The molecule has 23 heavy (non-hydrogen) atoms. The van der Waals surface area contributed by atoms with Crippen molar-refractivity contribution in [3.8, 4) is 0 Å². The third-order valence-electron chi connectivity index (χ3n) is 3.54. The third kappa shape index (κ3) is 3.42. The summed E-state index contributed by atoms with van der Waals surface area (Å²) in [4.78, 5) is 18.4. The van der Waals surface area contributed by atoms with E-state index in [0.717, 1.165) is 16.8 Å². The van der Waals surface area contributed by atoms with Crippen LogP contribution in [0.2, 0.25) is 5.02 Å². The molecular formula is C17H15ClN2O2S. The zero-order valence-electron chi connectivity index (χ0n) is 12.5. The predicted octanol–water partition coefficient (Wildman–Crippen LogP) is 2.86. The van der Waals surface area contributed by atoms with Crippen molar-refractivity contribution in [1.82, 2.24) is 0 Å². The van der Waals surface area contributed by atoms with Crippen molar-refractivity contribution >= 4 is 40.1 Å². The largest absolute Gasteiger partial charge is 0.615 e. The maximum Gasteiger partial charge on any atom is 0.252 e. The number of amides is 1. The summed E-state index contributed by atoms with van der Waals surface area (Å²) in [6, 6.07) is 15.0. The average molecular weight is 347 g/mol. The van der Waals surface area contributed by atoms with Gasteiger partial charge in [0.15, 0.2) is 5.88 Å². The Morgan fingerprint density at radius 1 is 1.26 bits per heavy atom. The number of aliphatic imine (C=N–C) groups is 1. The normalized spacial score (nSPS) is 15.7. The highest BCUT2D eigenvalue weighted by atomic mass is 35.5. The van der Waals surface area contributed by atoms with E-state index in [1.165, 1.54) is 4.90 Å². The Morgan fingerprint density at radius 2 is 2.00 bits per heavy atom. The van der Waals surface area contributed by atoms with E-state index in [0.29, 0.717) is 10.7 Å². The highest BCUT2D eigenvalue weighted by molar-refractivity contribution is 7.90. The Labute approximate surface area is 143 Å². The van der Waals surface area contributed by atoms with Crippen LogP contribution in [0.15, 0.2) is 53.5 Å². The maximum atomic E-state index is 12.4. The van der Waals surface area contributed by atoms with E-state index in [-0.39, 0.29) is 18.3 Å².